The zero-order valence-corrected chi connectivity index (χ0v) is 29.6. The molecule has 0 atom stereocenters. The van der Waals surface area contributed by atoms with Crippen LogP contribution in [0.5, 0.6) is 0 Å². The molecule has 9 aromatic rings. The average Bonchev–Trinajstić information content (AvgIpc) is 3.77. The Morgan fingerprint density at radius 2 is 1.00 bits per heavy atom. The van der Waals surface area contributed by atoms with Crippen molar-refractivity contribution in [2.45, 2.75) is 0 Å². The largest absolute Gasteiger partial charge is 0.354 e. The van der Waals surface area contributed by atoms with Crippen LogP contribution in [0.4, 0.5) is 0 Å². The molecule has 5 heteroatoms. The third-order valence-electron chi connectivity index (χ3n) is 9.42. The topological polar surface area (TPSA) is 31.4 Å². The van der Waals surface area contributed by atoms with E-state index < -0.39 is 0 Å². The standard InChI is InChI=1S/C30H19NS.C16H14N2S/c1-3-7-19(8-4-1)21-11-13-25-23(17-21)29-26(31-25)14-16-28-30(29)24-18-22(12-15-27(24)32-28)20-9-5-2-6-10-20;1-18-16(14-10-6-3-7-11-14)12-15(17-19-18)13-8-4-2-5-9-13/h1-18,31H;2-12H,1H3. The Bertz CT molecular complexity index is 2580. The summed E-state index contributed by atoms with van der Waals surface area (Å²) in [5, 5.41) is 5.31. The van der Waals surface area contributed by atoms with Crippen LogP contribution in [0.25, 0.3) is 69.9 Å². The van der Waals surface area contributed by atoms with Crippen molar-refractivity contribution in [2.24, 2.45) is 4.40 Å². The van der Waals surface area contributed by atoms with Crippen molar-refractivity contribution < 1.29 is 0 Å². The molecule has 3 nitrogen and oxygen atoms in total. The highest BCUT2D eigenvalue weighted by Gasteiger charge is 2.16. The minimum absolute atomic E-state index is 1.02. The summed E-state index contributed by atoms with van der Waals surface area (Å²) >= 11 is 3.36. The summed E-state index contributed by atoms with van der Waals surface area (Å²) in [4.78, 5) is 3.65. The van der Waals surface area contributed by atoms with E-state index in [1.807, 2.05) is 42.6 Å². The average molecular weight is 692 g/mol. The van der Waals surface area contributed by atoms with Crippen LogP contribution in [0.3, 0.4) is 0 Å². The van der Waals surface area contributed by atoms with Gasteiger partial charge in [-0.3, -0.25) is 4.31 Å². The molecule has 2 aromatic heterocycles. The van der Waals surface area contributed by atoms with Gasteiger partial charge in [-0.2, -0.15) is 4.40 Å². The second kappa shape index (κ2) is 13.4. The van der Waals surface area contributed by atoms with Crippen LogP contribution >= 0.6 is 23.5 Å². The number of benzene rings is 7. The van der Waals surface area contributed by atoms with E-state index in [1.165, 1.54) is 87.6 Å². The molecule has 10 rings (SSSR count). The summed E-state index contributed by atoms with van der Waals surface area (Å²) in [6, 6.07) is 60.1. The van der Waals surface area contributed by atoms with E-state index in [2.05, 4.69) is 165 Å². The normalized spacial score (nSPS) is 12.9. The third-order valence-corrected chi connectivity index (χ3v) is 11.3. The number of nitrogens with one attached hydrogen (secondary N) is 1. The summed E-state index contributed by atoms with van der Waals surface area (Å²) in [5.41, 5.74) is 12.0. The van der Waals surface area contributed by atoms with Crippen molar-refractivity contribution in [3.63, 3.8) is 0 Å². The van der Waals surface area contributed by atoms with Gasteiger partial charge in [-0.15, -0.1) is 11.3 Å². The van der Waals surface area contributed by atoms with E-state index in [0.717, 1.165) is 11.3 Å². The van der Waals surface area contributed by atoms with Crippen LogP contribution in [0, 0.1) is 0 Å². The lowest BCUT2D eigenvalue weighted by molar-refractivity contribution is 0.804. The van der Waals surface area contributed by atoms with Gasteiger partial charge in [0.2, 0.25) is 0 Å². The highest BCUT2D eigenvalue weighted by Crippen LogP contribution is 2.43. The van der Waals surface area contributed by atoms with Crippen LogP contribution in [-0.2, 0) is 0 Å². The molecule has 0 radical (unpaired) electrons. The molecule has 0 fully saturated rings. The Kier molecular flexibility index (Phi) is 8.20. The Hall–Kier alpha value is -5.88. The van der Waals surface area contributed by atoms with Crippen molar-refractivity contribution in [2.75, 3.05) is 7.05 Å². The third kappa shape index (κ3) is 6.01. The molecule has 0 spiro atoms. The van der Waals surface area contributed by atoms with Gasteiger partial charge in [0.1, 0.15) is 0 Å². The number of hydrogen-bond donors (Lipinski definition) is 1. The number of rotatable bonds is 4. The zero-order valence-electron chi connectivity index (χ0n) is 28.0. The fourth-order valence-corrected chi connectivity index (χ4v) is 8.60. The molecule has 1 aliphatic heterocycles. The van der Waals surface area contributed by atoms with Crippen LogP contribution in [0.1, 0.15) is 11.1 Å². The Morgan fingerprint density at radius 1 is 0.471 bits per heavy atom. The van der Waals surface area contributed by atoms with Crippen LogP contribution in [0.15, 0.2) is 180 Å². The Balaban J connectivity index is 0.000000157. The van der Waals surface area contributed by atoms with Gasteiger partial charge >= 0.3 is 0 Å². The Labute approximate surface area is 305 Å². The van der Waals surface area contributed by atoms with Gasteiger partial charge < -0.3 is 4.98 Å². The second-order valence-electron chi connectivity index (χ2n) is 12.6. The maximum Gasteiger partial charge on any atom is 0.0933 e. The molecule has 0 saturated heterocycles. The smallest absolute Gasteiger partial charge is 0.0933 e. The zero-order chi connectivity index (χ0) is 34.1. The number of nitrogens with zero attached hydrogens (tertiary/aromatic N) is 2. The minimum atomic E-state index is 1.02. The molecular weight excluding hydrogens is 659 g/mol. The molecular formula is C46H33N3S2. The first kappa shape index (κ1) is 31.1. The van der Waals surface area contributed by atoms with E-state index in [1.54, 1.807) is 0 Å². The van der Waals surface area contributed by atoms with Crippen molar-refractivity contribution in [1.29, 1.82) is 0 Å². The molecule has 1 aliphatic rings. The number of hydrogen-bond acceptors (Lipinski definition) is 4. The van der Waals surface area contributed by atoms with E-state index in [9.17, 15) is 0 Å². The van der Waals surface area contributed by atoms with Gasteiger partial charge in [0.25, 0.3) is 0 Å². The monoisotopic (exact) mass is 691 g/mol. The Morgan fingerprint density at radius 3 is 1.65 bits per heavy atom. The molecule has 0 amide bonds. The summed E-state index contributed by atoms with van der Waals surface area (Å²) in [6.07, 6.45) is 2.14. The summed E-state index contributed by atoms with van der Waals surface area (Å²) in [6.45, 7) is 0. The number of H-pyrrole nitrogens is 1. The number of allylic oxidation sites excluding steroid dienone is 1. The number of fused-ring (bicyclic) bond motifs is 7. The minimum Gasteiger partial charge on any atom is -0.354 e. The first-order chi connectivity index (χ1) is 25.2. The predicted octanol–water partition coefficient (Wildman–Crippen LogP) is 13.0. The van der Waals surface area contributed by atoms with Gasteiger partial charge in [-0.1, -0.05) is 133 Å². The molecule has 0 aliphatic carbocycles. The lowest BCUT2D eigenvalue weighted by Crippen LogP contribution is -2.14. The second-order valence-corrected chi connectivity index (χ2v) is 14.6. The predicted molar refractivity (Wildman–Crippen MR) is 222 cm³/mol. The van der Waals surface area contributed by atoms with E-state index in [0.29, 0.717) is 0 Å². The van der Waals surface area contributed by atoms with Gasteiger partial charge in [-0.25, -0.2) is 0 Å². The van der Waals surface area contributed by atoms with Gasteiger partial charge in [0.05, 0.1) is 23.5 Å². The van der Waals surface area contributed by atoms with Gasteiger partial charge in [-0.05, 0) is 70.3 Å². The molecule has 7 aromatic carbocycles. The molecule has 51 heavy (non-hydrogen) atoms. The first-order valence-electron chi connectivity index (χ1n) is 17.0. The van der Waals surface area contributed by atoms with Crippen LogP contribution < -0.4 is 0 Å². The lowest BCUT2D eigenvalue weighted by atomic mass is 9.99. The van der Waals surface area contributed by atoms with Crippen LogP contribution in [-0.4, -0.2) is 22.0 Å². The van der Waals surface area contributed by atoms with Crippen molar-refractivity contribution in [3.8, 4) is 22.3 Å². The fourth-order valence-electron chi connectivity index (χ4n) is 6.89. The summed E-state index contributed by atoms with van der Waals surface area (Å²) in [5.74, 6) is 0. The SMILES string of the molecule is CN1SN=C(c2ccccc2)C=C1c1ccccc1.c1ccc(-c2ccc3[nH]c4ccc5sc6ccc(-c7ccccc7)cc6c5c4c3c2)cc1. The number of thiophene rings is 1. The lowest BCUT2D eigenvalue weighted by Gasteiger charge is -2.23. The highest BCUT2D eigenvalue weighted by molar-refractivity contribution is 7.96. The van der Waals surface area contributed by atoms with Gasteiger partial charge in [0.15, 0.2) is 0 Å². The molecule has 3 heterocycles. The van der Waals surface area contributed by atoms with Gasteiger partial charge in [0, 0.05) is 54.6 Å². The molecule has 0 saturated carbocycles. The maximum absolute atomic E-state index is 4.54. The number of aromatic nitrogens is 1. The summed E-state index contributed by atoms with van der Waals surface area (Å²) < 4.78 is 9.30. The van der Waals surface area contributed by atoms with Crippen molar-refractivity contribution >= 4 is 76.9 Å². The van der Waals surface area contributed by atoms with Crippen molar-refractivity contribution in [1.82, 2.24) is 9.29 Å². The van der Waals surface area contributed by atoms with E-state index >= 15 is 0 Å². The van der Waals surface area contributed by atoms with Crippen molar-refractivity contribution in [3.05, 3.63) is 187 Å². The summed E-state index contributed by atoms with van der Waals surface area (Å²) in [7, 11) is 2.04. The quantitative estimate of drug-likeness (QED) is 0.186. The molecule has 1 N–H and O–H groups in total. The van der Waals surface area contributed by atoms with E-state index in [-0.39, 0.29) is 0 Å². The maximum atomic E-state index is 4.54. The fraction of sp³-hybridized carbons (Fsp3) is 0.0217. The highest BCUT2D eigenvalue weighted by atomic mass is 32.2. The molecule has 0 unspecified atom stereocenters. The molecule has 0 bridgehead atoms. The number of aromatic amines is 1. The first-order valence-corrected chi connectivity index (χ1v) is 18.6. The van der Waals surface area contributed by atoms with Crippen LogP contribution in [0.2, 0.25) is 0 Å². The molecule has 244 valence electrons. The van der Waals surface area contributed by atoms with E-state index in [4.69, 9.17) is 0 Å².